The van der Waals surface area contributed by atoms with E-state index in [4.69, 9.17) is 4.74 Å². The van der Waals surface area contributed by atoms with Crippen molar-refractivity contribution >= 4 is 11.7 Å². The highest BCUT2D eigenvalue weighted by atomic mass is 19.3. The number of benzene rings is 2. The summed E-state index contributed by atoms with van der Waals surface area (Å²) >= 11 is 0. The van der Waals surface area contributed by atoms with Gasteiger partial charge in [0.2, 0.25) is 0 Å². The zero-order valence-corrected chi connectivity index (χ0v) is 15.4. The molecule has 0 bridgehead atoms. The normalized spacial score (nSPS) is 22.8. The summed E-state index contributed by atoms with van der Waals surface area (Å²) in [6.07, 6.45) is 6.27. The molecule has 0 spiro atoms. The third-order valence-electron chi connectivity index (χ3n) is 5.51. The van der Waals surface area contributed by atoms with Crippen LogP contribution < -0.4 is 10.1 Å². The number of hydrogen-bond acceptors (Lipinski definition) is 4. The van der Waals surface area contributed by atoms with Crippen molar-refractivity contribution in [2.45, 2.75) is 31.4 Å². The van der Waals surface area contributed by atoms with Crippen molar-refractivity contribution in [3.8, 4) is 5.75 Å². The number of methoxy groups -OCH3 is 1. The van der Waals surface area contributed by atoms with Gasteiger partial charge in [0, 0.05) is 11.6 Å². The van der Waals surface area contributed by atoms with Gasteiger partial charge >= 0.3 is 12.6 Å². The molecule has 0 unspecified atom stereocenters. The predicted octanol–water partition coefficient (Wildman–Crippen LogP) is 5.29. The maximum atomic E-state index is 12.6. The van der Waals surface area contributed by atoms with Crippen molar-refractivity contribution in [1.82, 2.24) is 0 Å². The van der Waals surface area contributed by atoms with Crippen LogP contribution in [0, 0.1) is 5.92 Å². The minimum Gasteiger partial charge on any atom is -0.465 e. The highest BCUT2D eigenvalue weighted by Gasteiger charge is 2.37. The maximum Gasteiger partial charge on any atom is 0.387 e. The Morgan fingerprint density at radius 3 is 2.68 bits per heavy atom. The number of alkyl halides is 2. The first-order valence-electron chi connectivity index (χ1n) is 9.27. The van der Waals surface area contributed by atoms with E-state index in [0.29, 0.717) is 5.56 Å². The van der Waals surface area contributed by atoms with Crippen LogP contribution in [-0.2, 0) is 4.74 Å². The molecule has 28 heavy (non-hydrogen) atoms. The van der Waals surface area contributed by atoms with Gasteiger partial charge in [-0.25, -0.2) is 4.79 Å². The second kappa shape index (κ2) is 7.62. The van der Waals surface area contributed by atoms with E-state index < -0.39 is 6.61 Å². The monoisotopic (exact) mass is 385 g/mol. The van der Waals surface area contributed by atoms with Crippen molar-refractivity contribution in [3.05, 3.63) is 71.3 Å². The van der Waals surface area contributed by atoms with E-state index in [1.165, 1.54) is 7.11 Å². The quantitative estimate of drug-likeness (QED) is 0.574. The summed E-state index contributed by atoms with van der Waals surface area (Å²) in [4.78, 5) is 11.7. The Hall–Kier alpha value is -2.89. The first-order valence-corrected chi connectivity index (χ1v) is 9.27. The van der Waals surface area contributed by atoms with Crippen LogP contribution in [0.1, 0.15) is 46.3 Å². The standard InChI is InChI=1S/C22H21F2NO3/c1-27-21(26)14-8-6-13(7-9-14)20-17-5-3-2-4-16(17)18-12-15(28-22(23)24)10-11-19(18)25-20/h2,4,6-12,16-17,20,22,25H,3,5H2,1H3/t16-,17+,20+/m1/s1. The van der Waals surface area contributed by atoms with Crippen LogP contribution >= 0.6 is 0 Å². The summed E-state index contributed by atoms with van der Waals surface area (Å²) in [7, 11) is 1.36. The topological polar surface area (TPSA) is 47.6 Å². The molecule has 4 nitrogen and oxygen atoms in total. The molecule has 1 aliphatic carbocycles. The number of anilines is 1. The molecule has 6 heteroatoms. The molecule has 1 heterocycles. The molecule has 3 atom stereocenters. The minimum atomic E-state index is -2.84. The Morgan fingerprint density at radius 2 is 1.96 bits per heavy atom. The van der Waals surface area contributed by atoms with Gasteiger partial charge < -0.3 is 14.8 Å². The molecular weight excluding hydrogens is 364 g/mol. The van der Waals surface area contributed by atoms with Crippen LogP contribution in [0.5, 0.6) is 5.75 Å². The van der Waals surface area contributed by atoms with Gasteiger partial charge in [-0.1, -0.05) is 24.3 Å². The average Bonchev–Trinajstić information content (AvgIpc) is 2.72. The number of fused-ring (bicyclic) bond motifs is 3. The van der Waals surface area contributed by atoms with E-state index in [1.807, 2.05) is 12.1 Å². The molecule has 0 fully saturated rings. The Kier molecular flexibility index (Phi) is 5.03. The second-order valence-electron chi connectivity index (χ2n) is 7.06. The van der Waals surface area contributed by atoms with Crippen molar-refractivity contribution in [1.29, 1.82) is 0 Å². The Morgan fingerprint density at radius 1 is 1.18 bits per heavy atom. The van der Waals surface area contributed by atoms with Crippen LogP contribution in [0.3, 0.4) is 0 Å². The zero-order chi connectivity index (χ0) is 19.7. The summed E-state index contributed by atoms with van der Waals surface area (Å²) in [6, 6.07) is 12.5. The molecule has 0 radical (unpaired) electrons. The van der Waals surface area contributed by atoms with Crippen LogP contribution in [0.15, 0.2) is 54.6 Å². The second-order valence-corrected chi connectivity index (χ2v) is 7.06. The molecule has 0 amide bonds. The maximum absolute atomic E-state index is 12.6. The molecule has 2 aromatic carbocycles. The van der Waals surface area contributed by atoms with Crippen LogP contribution in [-0.4, -0.2) is 19.7 Å². The Labute approximate surface area is 162 Å². The van der Waals surface area contributed by atoms with Crippen molar-refractivity contribution in [3.63, 3.8) is 0 Å². The fourth-order valence-electron chi connectivity index (χ4n) is 4.24. The number of halogens is 2. The highest BCUT2D eigenvalue weighted by Crippen LogP contribution is 2.49. The molecule has 0 saturated heterocycles. The average molecular weight is 385 g/mol. The van der Waals surface area contributed by atoms with Gasteiger partial charge in [0.25, 0.3) is 0 Å². The number of carbonyl (C=O) groups is 1. The van der Waals surface area contributed by atoms with Crippen molar-refractivity contribution in [2.24, 2.45) is 5.92 Å². The van der Waals surface area contributed by atoms with Gasteiger partial charge in [-0.2, -0.15) is 8.78 Å². The third kappa shape index (κ3) is 3.46. The third-order valence-corrected chi connectivity index (χ3v) is 5.51. The smallest absolute Gasteiger partial charge is 0.387 e. The van der Waals surface area contributed by atoms with Crippen LogP contribution in [0.2, 0.25) is 0 Å². The van der Waals surface area contributed by atoms with Crippen molar-refractivity contribution in [2.75, 3.05) is 12.4 Å². The largest absolute Gasteiger partial charge is 0.465 e. The van der Waals surface area contributed by atoms with E-state index in [-0.39, 0.29) is 29.6 Å². The molecule has 1 N–H and O–H groups in total. The van der Waals surface area contributed by atoms with E-state index >= 15 is 0 Å². The number of esters is 1. The fourth-order valence-corrected chi connectivity index (χ4v) is 4.24. The number of nitrogens with one attached hydrogen (secondary N) is 1. The number of allylic oxidation sites excluding steroid dienone is 2. The molecule has 0 aromatic heterocycles. The van der Waals surface area contributed by atoms with Crippen molar-refractivity contribution < 1.29 is 23.0 Å². The van der Waals surface area contributed by atoms with Gasteiger partial charge in [-0.05, 0) is 60.2 Å². The number of ether oxygens (including phenoxy) is 2. The van der Waals surface area contributed by atoms with Gasteiger partial charge in [0.15, 0.2) is 0 Å². The lowest BCUT2D eigenvalue weighted by molar-refractivity contribution is -0.0499. The lowest BCUT2D eigenvalue weighted by Crippen LogP contribution is -2.32. The number of rotatable bonds is 4. The van der Waals surface area contributed by atoms with Gasteiger partial charge in [-0.15, -0.1) is 0 Å². The summed E-state index contributed by atoms with van der Waals surface area (Å²) < 4.78 is 34.6. The summed E-state index contributed by atoms with van der Waals surface area (Å²) in [6.45, 7) is -2.84. The number of carbonyl (C=O) groups excluding carboxylic acids is 1. The molecule has 4 rings (SSSR count). The van der Waals surface area contributed by atoms with E-state index in [0.717, 1.165) is 29.7 Å². The highest BCUT2D eigenvalue weighted by molar-refractivity contribution is 5.89. The van der Waals surface area contributed by atoms with E-state index in [2.05, 4.69) is 22.2 Å². The lowest BCUT2D eigenvalue weighted by Gasteiger charge is -2.41. The number of hydrogen-bond donors (Lipinski definition) is 1. The van der Waals surface area contributed by atoms with Crippen LogP contribution in [0.25, 0.3) is 0 Å². The fraction of sp³-hybridized carbons (Fsp3) is 0.318. The molecule has 1 aliphatic heterocycles. The van der Waals surface area contributed by atoms with E-state index in [9.17, 15) is 13.6 Å². The minimum absolute atomic E-state index is 0.0658. The van der Waals surface area contributed by atoms with Crippen LogP contribution in [0.4, 0.5) is 14.5 Å². The molecule has 146 valence electrons. The first-order chi connectivity index (χ1) is 13.6. The zero-order valence-electron chi connectivity index (χ0n) is 15.4. The Balaban J connectivity index is 1.68. The molecule has 2 aliphatic rings. The van der Waals surface area contributed by atoms with Gasteiger partial charge in [0.1, 0.15) is 5.75 Å². The summed E-state index contributed by atoms with van der Waals surface area (Å²) in [5, 5.41) is 3.56. The van der Waals surface area contributed by atoms with E-state index in [1.54, 1.807) is 30.3 Å². The van der Waals surface area contributed by atoms with Gasteiger partial charge in [-0.3, -0.25) is 0 Å². The lowest BCUT2D eigenvalue weighted by atomic mass is 9.71. The van der Waals surface area contributed by atoms with Gasteiger partial charge in [0.05, 0.1) is 18.7 Å². The SMILES string of the molecule is COC(=O)c1ccc([C@@H]2Nc3ccc(OC(F)F)cc3[C@@H]3C=CCC[C@@H]32)cc1. The molecule has 0 saturated carbocycles. The Bertz CT molecular complexity index is 895. The summed E-state index contributed by atoms with van der Waals surface area (Å²) in [5.41, 5.74) is 3.48. The predicted molar refractivity (Wildman–Crippen MR) is 102 cm³/mol. The first kappa shape index (κ1) is 18.5. The molecule has 2 aromatic rings. The molecular formula is C22H21F2NO3. The summed E-state index contributed by atoms with van der Waals surface area (Å²) in [5.74, 6) is 0.215.